The fourth-order valence-electron chi connectivity index (χ4n) is 2.15. The Balaban J connectivity index is 1.93. The summed E-state index contributed by atoms with van der Waals surface area (Å²) >= 11 is 1.81. The number of nitrogens with one attached hydrogen (secondary N) is 1. The lowest BCUT2D eigenvalue weighted by Crippen LogP contribution is -2.20. The van der Waals surface area contributed by atoms with Gasteiger partial charge in [-0.25, -0.2) is 4.39 Å². The highest BCUT2D eigenvalue weighted by atomic mass is 32.2. The van der Waals surface area contributed by atoms with Crippen LogP contribution in [0.5, 0.6) is 0 Å². The van der Waals surface area contributed by atoms with Gasteiger partial charge in [0, 0.05) is 11.8 Å². The van der Waals surface area contributed by atoms with Crippen LogP contribution in [0.1, 0.15) is 30.5 Å². The van der Waals surface area contributed by atoms with Gasteiger partial charge in [0.25, 0.3) is 0 Å². The van der Waals surface area contributed by atoms with E-state index >= 15 is 0 Å². The summed E-state index contributed by atoms with van der Waals surface area (Å²) in [5.74, 6) is 0.541. The van der Waals surface area contributed by atoms with Gasteiger partial charge < -0.3 is 5.32 Å². The molecule has 19 heavy (non-hydrogen) atoms. The molecule has 1 N–H and O–H groups in total. The molecule has 2 rings (SSSR count). The SMILES string of the molecule is Cc1cc(CNC2=NCC(C(C)C)S2)cc(C)c1F. The summed E-state index contributed by atoms with van der Waals surface area (Å²) in [6, 6.07) is 3.80. The maximum Gasteiger partial charge on any atom is 0.157 e. The van der Waals surface area contributed by atoms with Crippen molar-refractivity contribution in [1.29, 1.82) is 0 Å². The zero-order chi connectivity index (χ0) is 14.0. The van der Waals surface area contributed by atoms with Gasteiger partial charge in [-0.3, -0.25) is 4.99 Å². The van der Waals surface area contributed by atoms with E-state index < -0.39 is 0 Å². The van der Waals surface area contributed by atoms with Crippen LogP contribution >= 0.6 is 11.8 Å². The van der Waals surface area contributed by atoms with Crippen molar-refractivity contribution in [1.82, 2.24) is 5.32 Å². The summed E-state index contributed by atoms with van der Waals surface area (Å²) in [6.45, 7) is 9.67. The summed E-state index contributed by atoms with van der Waals surface area (Å²) in [6.07, 6.45) is 0. The molecule has 0 aliphatic carbocycles. The van der Waals surface area contributed by atoms with Crippen LogP contribution in [-0.2, 0) is 6.54 Å². The second-order valence-corrected chi connectivity index (χ2v) is 6.67. The van der Waals surface area contributed by atoms with Crippen molar-refractivity contribution in [2.24, 2.45) is 10.9 Å². The quantitative estimate of drug-likeness (QED) is 0.913. The van der Waals surface area contributed by atoms with Crippen LogP contribution in [0.3, 0.4) is 0 Å². The number of amidine groups is 1. The highest BCUT2D eigenvalue weighted by Crippen LogP contribution is 2.26. The molecule has 0 aromatic heterocycles. The highest BCUT2D eigenvalue weighted by Gasteiger charge is 2.22. The molecule has 0 radical (unpaired) electrons. The van der Waals surface area contributed by atoms with Crippen LogP contribution in [0.4, 0.5) is 4.39 Å². The van der Waals surface area contributed by atoms with E-state index in [0.717, 1.165) is 17.3 Å². The van der Waals surface area contributed by atoms with E-state index in [0.29, 0.717) is 28.8 Å². The second kappa shape index (κ2) is 5.95. The molecule has 0 saturated carbocycles. The monoisotopic (exact) mass is 280 g/mol. The predicted octanol–water partition coefficient (Wildman–Crippen LogP) is 3.66. The molecule has 1 heterocycles. The zero-order valence-electron chi connectivity index (χ0n) is 12.0. The molecule has 104 valence electrons. The Morgan fingerprint density at radius 1 is 1.37 bits per heavy atom. The van der Waals surface area contributed by atoms with Gasteiger partial charge in [-0.1, -0.05) is 37.7 Å². The van der Waals surface area contributed by atoms with Gasteiger partial charge in [-0.05, 0) is 36.5 Å². The predicted molar refractivity (Wildman–Crippen MR) is 81.2 cm³/mol. The van der Waals surface area contributed by atoms with Crippen LogP contribution in [0.2, 0.25) is 0 Å². The van der Waals surface area contributed by atoms with Gasteiger partial charge >= 0.3 is 0 Å². The highest BCUT2D eigenvalue weighted by molar-refractivity contribution is 8.14. The average Bonchev–Trinajstić information content (AvgIpc) is 2.82. The molecule has 0 fully saturated rings. The number of hydrogen-bond donors (Lipinski definition) is 1. The van der Waals surface area contributed by atoms with Gasteiger partial charge in [-0.2, -0.15) is 0 Å². The molecular weight excluding hydrogens is 259 g/mol. The lowest BCUT2D eigenvalue weighted by Gasteiger charge is -2.12. The molecule has 2 nitrogen and oxygen atoms in total. The Labute approximate surface area is 118 Å². The minimum Gasteiger partial charge on any atom is -0.361 e. The Kier molecular flexibility index (Phi) is 4.50. The molecule has 0 bridgehead atoms. The number of rotatable bonds is 3. The Hall–Kier alpha value is -1.03. The number of aryl methyl sites for hydroxylation is 2. The van der Waals surface area contributed by atoms with Crippen molar-refractivity contribution in [3.8, 4) is 0 Å². The molecule has 0 amide bonds. The first-order valence-corrected chi connectivity index (χ1v) is 7.56. The molecule has 0 spiro atoms. The standard InChI is InChI=1S/C15H21FN2S/c1-9(2)13-8-18-15(19-13)17-7-12-5-10(3)14(16)11(4)6-12/h5-6,9,13H,7-8H2,1-4H3,(H,17,18). The van der Waals surface area contributed by atoms with E-state index in [4.69, 9.17) is 0 Å². The van der Waals surface area contributed by atoms with E-state index in [1.165, 1.54) is 0 Å². The minimum absolute atomic E-state index is 0.101. The lowest BCUT2D eigenvalue weighted by molar-refractivity contribution is 0.608. The smallest absolute Gasteiger partial charge is 0.157 e. The molecule has 1 aromatic rings. The molecule has 4 heteroatoms. The lowest BCUT2D eigenvalue weighted by atomic mass is 10.1. The first-order valence-electron chi connectivity index (χ1n) is 6.68. The maximum absolute atomic E-state index is 13.5. The maximum atomic E-state index is 13.5. The third-order valence-electron chi connectivity index (χ3n) is 3.36. The summed E-state index contributed by atoms with van der Waals surface area (Å²) in [7, 11) is 0. The molecule has 1 aromatic carbocycles. The average molecular weight is 280 g/mol. The summed E-state index contributed by atoms with van der Waals surface area (Å²) in [4.78, 5) is 4.51. The van der Waals surface area contributed by atoms with Crippen molar-refractivity contribution in [3.05, 3.63) is 34.6 Å². The van der Waals surface area contributed by atoms with Crippen LogP contribution in [-0.4, -0.2) is 17.0 Å². The van der Waals surface area contributed by atoms with Crippen molar-refractivity contribution in [2.45, 2.75) is 39.5 Å². The van der Waals surface area contributed by atoms with Crippen LogP contribution in [0.15, 0.2) is 17.1 Å². The Bertz CT molecular complexity index is 474. The number of nitrogens with zero attached hydrogens (tertiary/aromatic N) is 1. The number of aliphatic imine (C=N–C) groups is 1. The van der Waals surface area contributed by atoms with E-state index in [9.17, 15) is 4.39 Å². The zero-order valence-corrected chi connectivity index (χ0v) is 12.8. The summed E-state index contributed by atoms with van der Waals surface area (Å²) < 4.78 is 13.5. The van der Waals surface area contributed by atoms with Gasteiger partial charge in [0.1, 0.15) is 5.82 Å². The minimum atomic E-state index is -0.101. The third-order valence-corrected chi connectivity index (χ3v) is 4.85. The van der Waals surface area contributed by atoms with Crippen LogP contribution < -0.4 is 5.32 Å². The third kappa shape index (κ3) is 3.50. The molecule has 1 unspecified atom stereocenters. The number of hydrogen-bond acceptors (Lipinski definition) is 3. The summed E-state index contributed by atoms with van der Waals surface area (Å²) in [5, 5.41) is 4.94. The van der Waals surface area contributed by atoms with E-state index in [2.05, 4.69) is 24.2 Å². The Morgan fingerprint density at radius 2 is 2.00 bits per heavy atom. The van der Waals surface area contributed by atoms with Crippen molar-refractivity contribution < 1.29 is 4.39 Å². The number of halogens is 1. The first kappa shape index (κ1) is 14.4. The Morgan fingerprint density at radius 3 is 2.53 bits per heavy atom. The largest absolute Gasteiger partial charge is 0.361 e. The van der Waals surface area contributed by atoms with Crippen molar-refractivity contribution in [3.63, 3.8) is 0 Å². The fourth-order valence-corrected chi connectivity index (χ4v) is 3.16. The van der Waals surface area contributed by atoms with Gasteiger partial charge in [0.2, 0.25) is 0 Å². The van der Waals surface area contributed by atoms with Gasteiger partial charge in [0.05, 0.1) is 6.54 Å². The van der Waals surface area contributed by atoms with E-state index in [1.54, 1.807) is 0 Å². The van der Waals surface area contributed by atoms with E-state index in [1.807, 2.05) is 37.7 Å². The second-order valence-electron chi connectivity index (χ2n) is 5.44. The molecule has 1 aliphatic heterocycles. The van der Waals surface area contributed by atoms with Crippen molar-refractivity contribution in [2.75, 3.05) is 6.54 Å². The first-order chi connectivity index (χ1) is 8.97. The molecule has 1 atom stereocenters. The van der Waals surface area contributed by atoms with Gasteiger partial charge in [-0.15, -0.1) is 0 Å². The van der Waals surface area contributed by atoms with Crippen LogP contribution in [0.25, 0.3) is 0 Å². The summed E-state index contributed by atoms with van der Waals surface area (Å²) in [5.41, 5.74) is 2.52. The normalized spacial score (nSPS) is 18.8. The van der Waals surface area contributed by atoms with Crippen molar-refractivity contribution >= 4 is 16.9 Å². The van der Waals surface area contributed by atoms with E-state index in [-0.39, 0.29) is 5.82 Å². The number of thioether (sulfide) groups is 1. The molecule has 0 saturated heterocycles. The number of benzene rings is 1. The van der Waals surface area contributed by atoms with Gasteiger partial charge in [0.15, 0.2) is 5.17 Å². The van der Waals surface area contributed by atoms with Crippen LogP contribution in [0, 0.1) is 25.6 Å². The molecular formula is C15H21FN2S. The topological polar surface area (TPSA) is 24.4 Å². The molecule has 1 aliphatic rings. The fraction of sp³-hybridized carbons (Fsp3) is 0.533.